The highest BCUT2D eigenvalue weighted by Crippen LogP contribution is 2.52. The van der Waals surface area contributed by atoms with Gasteiger partial charge in [-0.15, -0.1) is 11.8 Å². The first-order valence-electron chi connectivity index (χ1n) is 5.10. The normalized spacial score (nSPS) is 20.9. The van der Waals surface area contributed by atoms with Gasteiger partial charge in [0.05, 0.1) is 4.75 Å². The third-order valence-corrected chi connectivity index (χ3v) is 5.09. The molecule has 0 unspecified atom stereocenters. The van der Waals surface area contributed by atoms with E-state index in [9.17, 15) is 0 Å². The Morgan fingerprint density at radius 2 is 2.12 bits per heavy atom. The van der Waals surface area contributed by atoms with Crippen molar-refractivity contribution in [2.75, 3.05) is 20.1 Å². The molecule has 0 aromatic heterocycles. The molecule has 4 heteroatoms. The molecular weight excluding hydrogens is 286 g/mol. The van der Waals surface area contributed by atoms with E-state index in [1.807, 2.05) is 6.79 Å². The van der Waals surface area contributed by atoms with Crippen LogP contribution in [0.2, 0.25) is 0 Å². The van der Waals surface area contributed by atoms with E-state index in [0.717, 1.165) is 0 Å². The Morgan fingerprint density at radius 3 is 2.75 bits per heavy atom. The first-order chi connectivity index (χ1) is 7.70. The summed E-state index contributed by atoms with van der Waals surface area (Å²) in [5, 5.41) is 0. The Kier molecular flexibility index (Phi) is 3.42. The van der Waals surface area contributed by atoms with E-state index >= 15 is 0 Å². The highest BCUT2D eigenvalue weighted by molar-refractivity contribution is 9.10. The molecule has 1 spiro atoms. The molecule has 1 aromatic carbocycles. The Morgan fingerprint density at radius 1 is 1.44 bits per heavy atom. The van der Waals surface area contributed by atoms with Crippen LogP contribution in [-0.4, -0.2) is 31.8 Å². The molecular formula is C12H14BrNOS. The molecule has 0 amide bonds. The van der Waals surface area contributed by atoms with Crippen molar-refractivity contribution in [1.29, 1.82) is 0 Å². The molecule has 2 nitrogen and oxygen atoms in total. The number of hydrogen-bond donors (Lipinski definition) is 0. The predicted octanol–water partition coefficient (Wildman–Crippen LogP) is 2.65. The van der Waals surface area contributed by atoms with Crippen molar-refractivity contribution in [3.05, 3.63) is 33.8 Å². The van der Waals surface area contributed by atoms with Crippen LogP contribution in [0.3, 0.4) is 0 Å². The van der Waals surface area contributed by atoms with Crippen LogP contribution < -0.4 is 0 Å². The van der Waals surface area contributed by atoms with Gasteiger partial charge in [0.1, 0.15) is 6.79 Å². The molecule has 2 heterocycles. The topological polar surface area (TPSA) is 20.3 Å². The van der Waals surface area contributed by atoms with Gasteiger partial charge >= 0.3 is 0 Å². The smallest absolute Gasteiger partial charge is 0.106 e. The predicted molar refractivity (Wildman–Crippen MR) is 71.7 cm³/mol. The SMILES string of the molecule is C=O.CN1CC2(C1)SCc1cc(Br)ccc12. The number of carbonyl (C=O) groups excluding carboxylic acids is 1. The summed E-state index contributed by atoms with van der Waals surface area (Å²) in [6.45, 7) is 4.43. The van der Waals surface area contributed by atoms with Crippen LogP contribution in [0.1, 0.15) is 11.1 Å². The maximum Gasteiger partial charge on any atom is 0.106 e. The number of benzene rings is 1. The molecule has 0 atom stereocenters. The summed E-state index contributed by atoms with van der Waals surface area (Å²) in [6.07, 6.45) is 0. The van der Waals surface area contributed by atoms with Crippen LogP contribution in [0, 0.1) is 0 Å². The maximum absolute atomic E-state index is 8.00. The van der Waals surface area contributed by atoms with E-state index in [1.165, 1.54) is 28.9 Å². The van der Waals surface area contributed by atoms with Crippen LogP contribution in [0.4, 0.5) is 0 Å². The van der Waals surface area contributed by atoms with E-state index in [0.29, 0.717) is 4.75 Å². The van der Waals surface area contributed by atoms with E-state index in [-0.39, 0.29) is 0 Å². The van der Waals surface area contributed by atoms with Gasteiger partial charge in [-0.1, -0.05) is 22.0 Å². The zero-order valence-electron chi connectivity index (χ0n) is 9.20. The monoisotopic (exact) mass is 299 g/mol. The van der Waals surface area contributed by atoms with Crippen LogP contribution in [0.15, 0.2) is 22.7 Å². The third kappa shape index (κ3) is 1.83. The quantitative estimate of drug-likeness (QED) is 0.735. The van der Waals surface area contributed by atoms with Crippen molar-refractivity contribution >= 4 is 34.5 Å². The number of halogens is 1. The molecule has 0 saturated carbocycles. The number of hydrogen-bond acceptors (Lipinski definition) is 3. The molecule has 2 aliphatic heterocycles. The summed E-state index contributed by atoms with van der Waals surface area (Å²) in [6, 6.07) is 6.74. The molecule has 0 N–H and O–H groups in total. The Bertz CT molecular complexity index is 404. The van der Waals surface area contributed by atoms with Crippen LogP contribution in [0.5, 0.6) is 0 Å². The van der Waals surface area contributed by atoms with Gasteiger partial charge in [0.15, 0.2) is 0 Å². The number of carbonyl (C=O) groups is 1. The summed E-state index contributed by atoms with van der Waals surface area (Å²) in [5.41, 5.74) is 3.10. The van der Waals surface area contributed by atoms with Gasteiger partial charge in [0.2, 0.25) is 0 Å². The van der Waals surface area contributed by atoms with Gasteiger partial charge < -0.3 is 9.69 Å². The number of likely N-dealkylation sites (tertiary alicyclic amines) is 1. The van der Waals surface area contributed by atoms with Gasteiger partial charge in [-0.3, -0.25) is 0 Å². The second-order valence-corrected chi connectivity index (χ2v) is 6.53. The van der Waals surface area contributed by atoms with E-state index < -0.39 is 0 Å². The summed E-state index contributed by atoms with van der Waals surface area (Å²) >= 11 is 5.64. The lowest BCUT2D eigenvalue weighted by molar-refractivity contribution is -0.0979. The fraction of sp³-hybridized carbons (Fsp3) is 0.417. The van der Waals surface area contributed by atoms with Crippen molar-refractivity contribution < 1.29 is 4.79 Å². The third-order valence-electron chi connectivity index (χ3n) is 3.11. The number of likely N-dealkylation sites (N-methyl/N-ethyl adjacent to an activating group) is 1. The molecule has 1 aromatic rings. The molecule has 16 heavy (non-hydrogen) atoms. The van der Waals surface area contributed by atoms with Crippen LogP contribution in [-0.2, 0) is 15.3 Å². The lowest BCUT2D eigenvalue weighted by Gasteiger charge is -2.46. The van der Waals surface area contributed by atoms with Crippen molar-refractivity contribution in [3.8, 4) is 0 Å². The summed E-state index contributed by atoms with van der Waals surface area (Å²) in [5.74, 6) is 1.18. The van der Waals surface area contributed by atoms with Crippen molar-refractivity contribution in [2.24, 2.45) is 0 Å². The Labute approximate surface area is 109 Å². The second kappa shape index (κ2) is 4.51. The van der Waals surface area contributed by atoms with Crippen molar-refractivity contribution in [3.63, 3.8) is 0 Å². The molecule has 0 radical (unpaired) electrons. The molecule has 2 aliphatic rings. The average Bonchev–Trinajstić information content (AvgIpc) is 2.60. The molecule has 1 fully saturated rings. The minimum absolute atomic E-state index is 0.435. The first kappa shape index (κ1) is 12.1. The van der Waals surface area contributed by atoms with Gasteiger partial charge in [-0.2, -0.15) is 0 Å². The van der Waals surface area contributed by atoms with Crippen LogP contribution in [0.25, 0.3) is 0 Å². The molecule has 86 valence electrons. The van der Waals surface area contributed by atoms with Crippen LogP contribution >= 0.6 is 27.7 Å². The first-order valence-corrected chi connectivity index (χ1v) is 6.88. The summed E-state index contributed by atoms with van der Waals surface area (Å²) < 4.78 is 1.65. The van der Waals surface area contributed by atoms with E-state index in [4.69, 9.17) is 4.79 Å². The summed E-state index contributed by atoms with van der Waals surface area (Å²) in [7, 11) is 2.20. The number of thioether (sulfide) groups is 1. The summed E-state index contributed by atoms with van der Waals surface area (Å²) in [4.78, 5) is 10.4. The number of rotatable bonds is 0. The van der Waals surface area contributed by atoms with Gasteiger partial charge in [0.25, 0.3) is 0 Å². The molecule has 0 bridgehead atoms. The Balaban J connectivity index is 0.000000457. The highest BCUT2D eigenvalue weighted by Gasteiger charge is 2.47. The molecule has 1 saturated heterocycles. The lowest BCUT2D eigenvalue weighted by Crippen LogP contribution is -2.54. The standard InChI is InChI=1S/C11H12BrNS.CH2O/c1-13-6-11(7-13)10-3-2-9(12)4-8(10)5-14-11;1-2/h2-4H,5-7H2,1H3;1H2. The molecule has 0 aliphatic carbocycles. The van der Waals surface area contributed by atoms with E-state index in [2.05, 4.69) is 57.8 Å². The number of nitrogens with zero attached hydrogens (tertiary/aromatic N) is 1. The largest absolute Gasteiger partial charge is 0.307 e. The zero-order chi connectivity index (χ0) is 11.8. The van der Waals surface area contributed by atoms with Gasteiger partial charge in [-0.05, 0) is 30.3 Å². The average molecular weight is 300 g/mol. The van der Waals surface area contributed by atoms with Gasteiger partial charge in [0, 0.05) is 23.3 Å². The zero-order valence-corrected chi connectivity index (χ0v) is 11.6. The van der Waals surface area contributed by atoms with Gasteiger partial charge in [-0.25, -0.2) is 0 Å². The van der Waals surface area contributed by atoms with Crippen molar-refractivity contribution in [2.45, 2.75) is 10.5 Å². The number of fused-ring (bicyclic) bond motifs is 2. The fourth-order valence-corrected chi connectivity index (χ4v) is 4.56. The minimum atomic E-state index is 0.435. The van der Waals surface area contributed by atoms with E-state index in [1.54, 1.807) is 5.56 Å². The maximum atomic E-state index is 8.00. The minimum Gasteiger partial charge on any atom is -0.307 e. The Hall–Kier alpha value is -0.320. The fourth-order valence-electron chi connectivity index (χ4n) is 2.51. The highest BCUT2D eigenvalue weighted by atomic mass is 79.9. The second-order valence-electron chi connectivity index (χ2n) is 4.26. The lowest BCUT2D eigenvalue weighted by atomic mass is 9.88. The van der Waals surface area contributed by atoms with Crippen molar-refractivity contribution in [1.82, 2.24) is 4.90 Å². The molecule has 3 rings (SSSR count).